The van der Waals surface area contributed by atoms with E-state index in [0.29, 0.717) is 0 Å². The molecule has 2 aliphatic rings. The fourth-order valence-corrected chi connectivity index (χ4v) is 6.69. The molecule has 2 bridgehead atoms. The number of carboxylic acid groups (broad SMARTS) is 1. The second-order valence-corrected chi connectivity index (χ2v) is 14.9. The average molecular weight is 793 g/mol. The van der Waals surface area contributed by atoms with Gasteiger partial charge in [-0.1, -0.05) is 98.9 Å². The quantitative estimate of drug-likeness (QED) is 0.183. The molecule has 1 saturated heterocycles. The number of hydrogen-bond donors (Lipinski definition) is 9. The van der Waals surface area contributed by atoms with E-state index in [2.05, 4.69) is 0 Å². The molecule has 14 heteroatoms. The molecule has 0 saturated carbocycles. The highest BCUT2D eigenvalue weighted by atomic mass is 16.6. The molecular weight excluding hydrogens is 728 g/mol. The van der Waals surface area contributed by atoms with Crippen molar-refractivity contribution < 1.29 is 69.8 Å². The first kappa shape index (κ1) is 48.9. The molecule has 0 aliphatic carbocycles. The zero-order valence-corrected chi connectivity index (χ0v) is 32.8. The number of carboxylic acids is 1. The van der Waals surface area contributed by atoms with Crippen molar-refractivity contribution in [3.63, 3.8) is 0 Å². The number of hydrogen-bond acceptors (Lipinski definition) is 13. The van der Waals surface area contributed by atoms with Crippen LogP contribution in [0.3, 0.4) is 0 Å². The molecule has 316 valence electrons. The third kappa shape index (κ3) is 17.9. The van der Waals surface area contributed by atoms with Crippen molar-refractivity contribution in [1.82, 2.24) is 0 Å². The summed E-state index contributed by atoms with van der Waals surface area (Å²) < 4.78 is 16.8. The van der Waals surface area contributed by atoms with E-state index in [9.17, 15) is 55.5 Å². The maximum Gasteiger partial charge on any atom is 0.311 e. The number of aliphatic hydroxyl groups excluding tert-OH is 7. The molecule has 14 nitrogen and oxygen atoms in total. The summed E-state index contributed by atoms with van der Waals surface area (Å²) in [6, 6.07) is 0. The third-order valence-electron chi connectivity index (χ3n) is 10.1. The summed E-state index contributed by atoms with van der Waals surface area (Å²) in [4.78, 5) is 24.6. The number of methoxy groups -OCH3 is 1. The molecule has 2 rings (SSSR count). The second-order valence-electron chi connectivity index (χ2n) is 14.9. The standard InChI is InChI=1S/C42H64O14/c1-27-17-15-13-11-9-7-5-6-8-10-12-14-16-18-33(54-4)24-37-39(41(51)52)36(48)26-42(53,56-37)25-32(45)22-35(47)34(46)20-19-30(43)21-31(44)23-38(49)55-29(3)28(2)40(27)50/h5-18,27-37,39-40,43-48,50,53H,19-26H2,1-4H3,(H,51,52)/b6-5+,9-7+,10-8+,13-11+,14-12+,17-15+,18-16+/t27-,28-,29-,30+,31+,32-,33-,34+,35+,36-,37-,39+,40+,42+/m0/s1. The Bertz CT molecular complexity index is 1390. The lowest BCUT2D eigenvalue weighted by atomic mass is 9.82. The molecule has 0 aromatic carbocycles. The van der Waals surface area contributed by atoms with Gasteiger partial charge >= 0.3 is 11.9 Å². The summed E-state index contributed by atoms with van der Waals surface area (Å²) in [7, 11) is 1.42. The maximum atomic E-state index is 12.5. The molecule has 0 aromatic heterocycles. The zero-order chi connectivity index (χ0) is 41.8. The van der Waals surface area contributed by atoms with Gasteiger partial charge in [-0.3, -0.25) is 9.59 Å². The summed E-state index contributed by atoms with van der Waals surface area (Å²) in [5, 5.41) is 95.5. The minimum Gasteiger partial charge on any atom is -0.481 e. The Hall–Kier alpha value is -3.28. The van der Waals surface area contributed by atoms with Crippen LogP contribution in [0.2, 0.25) is 0 Å². The van der Waals surface area contributed by atoms with Crippen LogP contribution in [0.25, 0.3) is 0 Å². The summed E-state index contributed by atoms with van der Waals surface area (Å²) in [6.45, 7) is 5.26. The van der Waals surface area contributed by atoms with Gasteiger partial charge in [-0.15, -0.1) is 0 Å². The molecule has 14 atom stereocenters. The smallest absolute Gasteiger partial charge is 0.311 e. The minimum absolute atomic E-state index is 0.0543. The molecule has 2 heterocycles. The molecule has 0 spiro atoms. The minimum atomic E-state index is -2.17. The van der Waals surface area contributed by atoms with Crippen LogP contribution in [0.1, 0.15) is 72.1 Å². The van der Waals surface area contributed by atoms with E-state index in [1.807, 2.05) is 61.6 Å². The van der Waals surface area contributed by atoms with Crippen LogP contribution in [0, 0.1) is 17.8 Å². The lowest BCUT2D eigenvalue weighted by Crippen LogP contribution is -2.56. The Labute approximate surface area is 330 Å². The Balaban J connectivity index is 2.21. The predicted molar refractivity (Wildman–Crippen MR) is 209 cm³/mol. The number of allylic oxidation sites excluding steroid dienone is 12. The molecule has 1 fully saturated rings. The van der Waals surface area contributed by atoms with Crippen molar-refractivity contribution in [1.29, 1.82) is 0 Å². The van der Waals surface area contributed by atoms with E-state index in [1.165, 1.54) is 7.11 Å². The van der Waals surface area contributed by atoms with E-state index in [4.69, 9.17) is 14.2 Å². The zero-order valence-electron chi connectivity index (χ0n) is 32.8. The van der Waals surface area contributed by atoms with Gasteiger partial charge in [0.1, 0.15) is 12.0 Å². The normalized spacial score (nSPS) is 42.6. The number of esters is 1. The summed E-state index contributed by atoms with van der Waals surface area (Å²) in [5.41, 5.74) is 0. The van der Waals surface area contributed by atoms with Crippen LogP contribution < -0.4 is 0 Å². The Morgan fingerprint density at radius 1 is 0.696 bits per heavy atom. The van der Waals surface area contributed by atoms with E-state index < -0.39 is 116 Å². The fraction of sp³-hybridized carbons (Fsp3) is 0.619. The van der Waals surface area contributed by atoms with Gasteiger partial charge in [-0.25, -0.2) is 0 Å². The van der Waals surface area contributed by atoms with Crippen molar-refractivity contribution in [3.05, 3.63) is 85.1 Å². The maximum absolute atomic E-state index is 12.5. The number of aliphatic carboxylic acids is 1. The second kappa shape index (κ2) is 25.2. The molecule has 0 radical (unpaired) electrons. The Morgan fingerprint density at radius 3 is 1.80 bits per heavy atom. The van der Waals surface area contributed by atoms with Gasteiger partial charge in [0, 0.05) is 44.6 Å². The average Bonchev–Trinajstić information content (AvgIpc) is 3.11. The van der Waals surface area contributed by atoms with Gasteiger partial charge in [0.25, 0.3) is 0 Å². The van der Waals surface area contributed by atoms with Crippen LogP contribution in [0.4, 0.5) is 0 Å². The number of cyclic esters (lactones) is 1. The van der Waals surface area contributed by atoms with Gasteiger partial charge in [0.05, 0.1) is 61.4 Å². The van der Waals surface area contributed by atoms with Gasteiger partial charge in [0.2, 0.25) is 0 Å². The molecule has 2 aliphatic heterocycles. The Kier molecular flexibility index (Phi) is 22.0. The highest BCUT2D eigenvalue weighted by Gasteiger charge is 2.50. The van der Waals surface area contributed by atoms with Crippen molar-refractivity contribution in [3.8, 4) is 0 Å². The number of carbonyl (C=O) groups is 2. The van der Waals surface area contributed by atoms with Crippen LogP contribution >= 0.6 is 0 Å². The lowest BCUT2D eigenvalue weighted by molar-refractivity contribution is -0.300. The monoisotopic (exact) mass is 792 g/mol. The van der Waals surface area contributed by atoms with E-state index in [1.54, 1.807) is 44.2 Å². The van der Waals surface area contributed by atoms with Crippen molar-refractivity contribution in [2.45, 2.75) is 139 Å². The van der Waals surface area contributed by atoms with Gasteiger partial charge in [-0.05, 0) is 26.2 Å². The van der Waals surface area contributed by atoms with Crippen LogP contribution in [0.5, 0.6) is 0 Å². The first-order valence-corrected chi connectivity index (χ1v) is 19.3. The van der Waals surface area contributed by atoms with E-state index >= 15 is 0 Å². The molecule has 0 amide bonds. The number of carbonyl (C=O) groups excluding carboxylic acids is 1. The molecule has 0 aromatic rings. The number of rotatable bonds is 2. The first-order valence-electron chi connectivity index (χ1n) is 19.3. The SMILES string of the molecule is CO[C@H]1/C=C/C=C/C=C/C=C/C=C/C=C/C=C/[C@H](C)[C@@H](O)[C@@H](C)[C@H](C)OC(=O)C[C@H](O)C[C@H](O)CC[C@@H](O)[C@H](O)C[C@H](O)C[C@]2(O)C[C@H](O)[C@@H](C(=O)O)[C@H](C1)O2. The Morgan fingerprint density at radius 2 is 1.25 bits per heavy atom. The first-order chi connectivity index (χ1) is 26.5. The highest BCUT2D eigenvalue weighted by Crippen LogP contribution is 2.37. The summed E-state index contributed by atoms with van der Waals surface area (Å²) >= 11 is 0. The lowest BCUT2D eigenvalue weighted by Gasteiger charge is -2.44. The number of aliphatic hydroxyl groups is 8. The summed E-state index contributed by atoms with van der Waals surface area (Å²) in [5.74, 6) is -6.29. The molecule has 56 heavy (non-hydrogen) atoms. The molecule has 9 N–H and O–H groups in total. The fourth-order valence-electron chi connectivity index (χ4n) is 6.69. The van der Waals surface area contributed by atoms with Crippen molar-refractivity contribution >= 4 is 11.9 Å². The third-order valence-corrected chi connectivity index (χ3v) is 10.1. The predicted octanol–water partition coefficient (Wildman–Crippen LogP) is 2.55. The number of fused-ring (bicyclic) bond motifs is 2. The topological polar surface area (TPSA) is 244 Å². The number of ether oxygens (including phenoxy) is 3. The van der Waals surface area contributed by atoms with Crippen molar-refractivity contribution in [2.24, 2.45) is 17.8 Å². The van der Waals surface area contributed by atoms with Crippen LogP contribution in [0.15, 0.2) is 85.1 Å². The molecule has 0 unspecified atom stereocenters. The largest absolute Gasteiger partial charge is 0.481 e. The van der Waals surface area contributed by atoms with E-state index in [0.717, 1.165) is 0 Å². The van der Waals surface area contributed by atoms with Crippen LogP contribution in [-0.2, 0) is 23.8 Å². The van der Waals surface area contributed by atoms with Gasteiger partial charge < -0.3 is 60.2 Å². The molecular formula is C42H64O14. The van der Waals surface area contributed by atoms with Crippen LogP contribution in [-0.4, -0.2) is 132 Å². The highest BCUT2D eigenvalue weighted by molar-refractivity contribution is 5.71. The van der Waals surface area contributed by atoms with Gasteiger partial charge in [0.15, 0.2) is 5.79 Å². The summed E-state index contributed by atoms with van der Waals surface area (Å²) in [6.07, 6.45) is 11.2. The van der Waals surface area contributed by atoms with Gasteiger partial charge in [-0.2, -0.15) is 0 Å². The van der Waals surface area contributed by atoms with E-state index in [-0.39, 0.29) is 31.6 Å². The van der Waals surface area contributed by atoms with Crippen molar-refractivity contribution in [2.75, 3.05) is 7.11 Å².